The topological polar surface area (TPSA) is 94.3 Å². The lowest BCUT2D eigenvalue weighted by Crippen LogP contribution is -2.02. The molecular formula is C22H19N7. The molecule has 3 heterocycles. The van der Waals surface area contributed by atoms with E-state index in [9.17, 15) is 0 Å². The van der Waals surface area contributed by atoms with Crippen LogP contribution in [-0.2, 0) is 0 Å². The minimum atomic E-state index is 0.541. The SMILES string of the molecule is c1ccc2c(Nc3cc(C4CC4)[nH]n3)nc(Nc3ccc4[nH]ccc4c3)nc2c1. The first-order chi connectivity index (χ1) is 14.3. The van der Waals surface area contributed by atoms with Gasteiger partial charge in [-0.25, -0.2) is 4.98 Å². The number of hydrogen-bond acceptors (Lipinski definition) is 5. The summed E-state index contributed by atoms with van der Waals surface area (Å²) in [6.07, 6.45) is 4.40. The molecule has 2 aromatic carbocycles. The van der Waals surface area contributed by atoms with Crippen molar-refractivity contribution in [1.82, 2.24) is 25.1 Å². The highest BCUT2D eigenvalue weighted by molar-refractivity contribution is 5.92. The Hall–Kier alpha value is -3.87. The Morgan fingerprint density at radius 1 is 0.931 bits per heavy atom. The van der Waals surface area contributed by atoms with Gasteiger partial charge in [0.2, 0.25) is 5.95 Å². The van der Waals surface area contributed by atoms with Gasteiger partial charge >= 0.3 is 0 Å². The molecule has 1 saturated carbocycles. The predicted octanol–water partition coefficient (Wildman–Crippen LogP) is 5.20. The van der Waals surface area contributed by atoms with E-state index >= 15 is 0 Å². The molecule has 0 saturated heterocycles. The third-order valence-corrected chi connectivity index (χ3v) is 5.27. The molecule has 7 heteroatoms. The maximum atomic E-state index is 4.73. The third kappa shape index (κ3) is 3.06. The van der Waals surface area contributed by atoms with Crippen molar-refractivity contribution < 1.29 is 0 Å². The van der Waals surface area contributed by atoms with E-state index in [1.165, 1.54) is 18.5 Å². The van der Waals surface area contributed by atoms with Gasteiger partial charge in [0.25, 0.3) is 0 Å². The Morgan fingerprint density at radius 2 is 1.86 bits per heavy atom. The second-order valence-electron chi connectivity index (χ2n) is 7.43. The van der Waals surface area contributed by atoms with Crippen molar-refractivity contribution in [3.05, 3.63) is 66.5 Å². The van der Waals surface area contributed by atoms with E-state index in [4.69, 9.17) is 4.98 Å². The normalized spacial score (nSPS) is 13.8. The van der Waals surface area contributed by atoms with Crippen molar-refractivity contribution >= 4 is 45.1 Å². The quantitative estimate of drug-likeness (QED) is 0.336. The van der Waals surface area contributed by atoms with Crippen LogP contribution in [0.15, 0.2) is 60.8 Å². The zero-order chi connectivity index (χ0) is 19.2. The minimum absolute atomic E-state index is 0.541. The Bertz CT molecular complexity index is 1330. The van der Waals surface area contributed by atoms with Crippen LogP contribution in [0.3, 0.4) is 0 Å². The minimum Gasteiger partial charge on any atom is -0.361 e. The van der Waals surface area contributed by atoms with E-state index in [0.29, 0.717) is 11.9 Å². The fraction of sp³-hybridized carbons (Fsp3) is 0.136. The van der Waals surface area contributed by atoms with Gasteiger partial charge in [-0.05, 0) is 49.2 Å². The predicted molar refractivity (Wildman–Crippen MR) is 115 cm³/mol. The number of para-hydroxylation sites is 1. The van der Waals surface area contributed by atoms with Crippen LogP contribution in [0.5, 0.6) is 0 Å². The summed E-state index contributed by atoms with van der Waals surface area (Å²) in [7, 11) is 0. The van der Waals surface area contributed by atoms with Crippen LogP contribution in [0.1, 0.15) is 24.5 Å². The van der Waals surface area contributed by atoms with Crippen molar-refractivity contribution in [3.63, 3.8) is 0 Å². The first-order valence-electron chi connectivity index (χ1n) is 9.75. The molecule has 4 N–H and O–H groups in total. The van der Waals surface area contributed by atoms with Gasteiger partial charge in [0.05, 0.1) is 5.52 Å². The standard InChI is InChI=1S/C22H19N7/c1-2-4-18-16(3-1)21(26-20-12-19(28-29-20)13-5-6-13)27-22(25-18)24-15-7-8-17-14(11-15)9-10-23-17/h1-4,7-13,23H,5-6H2,(H3,24,25,26,27,28,29). The maximum absolute atomic E-state index is 4.73. The number of rotatable bonds is 5. The summed E-state index contributed by atoms with van der Waals surface area (Å²) < 4.78 is 0. The molecule has 0 unspecified atom stereocenters. The number of nitrogens with zero attached hydrogens (tertiary/aromatic N) is 3. The van der Waals surface area contributed by atoms with Crippen LogP contribution in [0.2, 0.25) is 0 Å². The number of hydrogen-bond donors (Lipinski definition) is 4. The highest BCUT2D eigenvalue weighted by Crippen LogP contribution is 2.39. The Morgan fingerprint density at radius 3 is 2.79 bits per heavy atom. The van der Waals surface area contributed by atoms with E-state index in [0.717, 1.165) is 39.1 Å². The molecule has 0 aliphatic heterocycles. The lowest BCUT2D eigenvalue weighted by molar-refractivity contribution is 0.966. The highest BCUT2D eigenvalue weighted by atomic mass is 15.2. The van der Waals surface area contributed by atoms with E-state index in [1.807, 2.05) is 48.7 Å². The second kappa shape index (κ2) is 6.34. The summed E-state index contributed by atoms with van der Waals surface area (Å²) >= 11 is 0. The summed E-state index contributed by atoms with van der Waals surface area (Å²) in [5.41, 5.74) is 4.09. The lowest BCUT2D eigenvalue weighted by Gasteiger charge is -2.11. The van der Waals surface area contributed by atoms with Crippen molar-refractivity contribution in [2.24, 2.45) is 0 Å². The van der Waals surface area contributed by atoms with Crippen molar-refractivity contribution in [2.75, 3.05) is 10.6 Å². The number of fused-ring (bicyclic) bond motifs is 2. The van der Waals surface area contributed by atoms with Crippen LogP contribution in [0, 0.1) is 0 Å². The van der Waals surface area contributed by atoms with Gasteiger partial charge in [-0.15, -0.1) is 0 Å². The summed E-state index contributed by atoms with van der Waals surface area (Å²) in [6.45, 7) is 0. The number of H-pyrrole nitrogens is 2. The molecule has 0 bridgehead atoms. The zero-order valence-electron chi connectivity index (χ0n) is 15.6. The van der Waals surface area contributed by atoms with Gasteiger partial charge in [0, 0.05) is 45.9 Å². The molecular weight excluding hydrogens is 362 g/mol. The molecule has 6 rings (SSSR count). The van der Waals surface area contributed by atoms with Crippen LogP contribution >= 0.6 is 0 Å². The molecule has 1 fully saturated rings. The van der Waals surface area contributed by atoms with Crippen LogP contribution < -0.4 is 10.6 Å². The number of anilines is 4. The van der Waals surface area contributed by atoms with Crippen LogP contribution in [-0.4, -0.2) is 25.1 Å². The molecule has 0 atom stereocenters. The van der Waals surface area contributed by atoms with E-state index in [-0.39, 0.29) is 0 Å². The van der Waals surface area contributed by atoms with E-state index < -0.39 is 0 Å². The van der Waals surface area contributed by atoms with Gasteiger partial charge < -0.3 is 15.6 Å². The first kappa shape index (κ1) is 16.1. The van der Waals surface area contributed by atoms with Crippen LogP contribution in [0.4, 0.5) is 23.3 Å². The van der Waals surface area contributed by atoms with Gasteiger partial charge in [0.15, 0.2) is 5.82 Å². The number of nitrogens with one attached hydrogen (secondary N) is 4. The number of aromatic amines is 2. The molecule has 0 spiro atoms. The number of aromatic nitrogens is 5. The van der Waals surface area contributed by atoms with Crippen LogP contribution in [0.25, 0.3) is 21.8 Å². The molecule has 5 aromatic rings. The molecule has 1 aliphatic carbocycles. The highest BCUT2D eigenvalue weighted by Gasteiger charge is 2.25. The molecule has 1 aliphatic rings. The summed E-state index contributed by atoms with van der Waals surface area (Å²) in [6, 6.07) is 18.2. The molecule has 142 valence electrons. The summed E-state index contributed by atoms with van der Waals surface area (Å²) in [5.74, 6) is 2.67. The first-order valence-corrected chi connectivity index (χ1v) is 9.75. The Labute approximate surface area is 166 Å². The number of benzene rings is 2. The van der Waals surface area contributed by atoms with Gasteiger partial charge in [-0.3, -0.25) is 5.10 Å². The molecule has 7 nitrogen and oxygen atoms in total. The zero-order valence-corrected chi connectivity index (χ0v) is 15.6. The van der Waals surface area contributed by atoms with Gasteiger partial charge in [-0.1, -0.05) is 12.1 Å². The largest absolute Gasteiger partial charge is 0.361 e. The summed E-state index contributed by atoms with van der Waals surface area (Å²) in [5, 5.41) is 16.3. The third-order valence-electron chi connectivity index (χ3n) is 5.27. The molecule has 0 radical (unpaired) electrons. The average molecular weight is 381 g/mol. The molecule has 29 heavy (non-hydrogen) atoms. The monoisotopic (exact) mass is 381 g/mol. The fourth-order valence-corrected chi connectivity index (χ4v) is 3.61. The molecule has 3 aromatic heterocycles. The maximum Gasteiger partial charge on any atom is 0.229 e. The van der Waals surface area contributed by atoms with Crippen molar-refractivity contribution in [3.8, 4) is 0 Å². The van der Waals surface area contributed by atoms with E-state index in [2.05, 4.69) is 42.9 Å². The Balaban J connectivity index is 1.37. The van der Waals surface area contributed by atoms with Gasteiger partial charge in [0.1, 0.15) is 5.82 Å². The summed E-state index contributed by atoms with van der Waals surface area (Å²) in [4.78, 5) is 12.6. The fourth-order valence-electron chi connectivity index (χ4n) is 3.61. The lowest BCUT2D eigenvalue weighted by atomic mass is 10.2. The molecule has 0 amide bonds. The van der Waals surface area contributed by atoms with Gasteiger partial charge in [-0.2, -0.15) is 10.1 Å². The smallest absolute Gasteiger partial charge is 0.229 e. The second-order valence-corrected chi connectivity index (χ2v) is 7.43. The van der Waals surface area contributed by atoms with Crippen molar-refractivity contribution in [2.45, 2.75) is 18.8 Å². The van der Waals surface area contributed by atoms with E-state index in [1.54, 1.807) is 0 Å². The van der Waals surface area contributed by atoms with Crippen molar-refractivity contribution in [1.29, 1.82) is 0 Å². The average Bonchev–Trinajstić information content (AvgIpc) is 3.30. The Kier molecular flexibility index (Phi) is 3.52.